The van der Waals surface area contributed by atoms with Crippen LogP contribution in [0.3, 0.4) is 0 Å². The molecule has 0 amide bonds. The van der Waals surface area contributed by atoms with E-state index in [9.17, 15) is 9.59 Å². The summed E-state index contributed by atoms with van der Waals surface area (Å²) in [5, 5.41) is 9.31. The minimum atomic E-state index is 0.102. The summed E-state index contributed by atoms with van der Waals surface area (Å²) in [5.74, 6) is 0.210. The van der Waals surface area contributed by atoms with Crippen LogP contribution in [0.5, 0.6) is 0 Å². The average Bonchev–Trinajstić information content (AvgIpc) is 3.13. The summed E-state index contributed by atoms with van der Waals surface area (Å²) in [5.41, 5.74) is 8.89. The van der Waals surface area contributed by atoms with Gasteiger partial charge in [-0.2, -0.15) is 0 Å². The van der Waals surface area contributed by atoms with E-state index in [0.717, 1.165) is 67.9 Å². The Morgan fingerprint density at radius 3 is 1.48 bits per heavy atom. The number of rotatable bonds is 11. The zero-order valence-corrected chi connectivity index (χ0v) is 27.8. The predicted octanol–water partition coefficient (Wildman–Crippen LogP) is 12.6. The highest BCUT2D eigenvalue weighted by molar-refractivity contribution is 6.41. The molecule has 0 spiro atoms. The molecule has 7 aromatic rings. The molecule has 0 aromatic heterocycles. The number of ketones is 2. The molecular formula is C46H40O2. The van der Waals surface area contributed by atoms with Gasteiger partial charge in [-0.3, -0.25) is 9.59 Å². The van der Waals surface area contributed by atoms with Crippen molar-refractivity contribution in [2.24, 2.45) is 0 Å². The fourth-order valence-corrected chi connectivity index (χ4v) is 9.02. The van der Waals surface area contributed by atoms with E-state index in [1.165, 1.54) is 95.8 Å². The van der Waals surface area contributed by atoms with E-state index < -0.39 is 0 Å². The van der Waals surface area contributed by atoms with Crippen molar-refractivity contribution in [1.29, 1.82) is 0 Å². The summed E-state index contributed by atoms with van der Waals surface area (Å²) in [6.07, 6.45) is 14.1. The van der Waals surface area contributed by atoms with Crippen LogP contribution in [0.4, 0.5) is 0 Å². The third-order valence-electron chi connectivity index (χ3n) is 11.3. The topological polar surface area (TPSA) is 34.1 Å². The molecular weight excluding hydrogens is 585 g/mol. The van der Waals surface area contributed by atoms with Gasteiger partial charge in [0.25, 0.3) is 0 Å². The van der Waals surface area contributed by atoms with E-state index in [2.05, 4.69) is 55.5 Å². The molecule has 0 bridgehead atoms. The third-order valence-corrected chi connectivity index (χ3v) is 11.3. The Morgan fingerprint density at radius 2 is 0.854 bits per heavy atom. The minimum Gasteiger partial charge on any atom is -0.289 e. The normalized spacial score (nSPS) is 13.3. The zero-order valence-electron chi connectivity index (χ0n) is 27.8. The smallest absolute Gasteiger partial charge is 0.194 e. The molecule has 2 aliphatic rings. The number of carbonyl (C=O) groups is 2. The van der Waals surface area contributed by atoms with E-state index >= 15 is 0 Å². The van der Waals surface area contributed by atoms with Crippen LogP contribution in [-0.4, -0.2) is 11.6 Å². The molecule has 236 valence electrons. The molecule has 2 aliphatic carbocycles. The lowest BCUT2D eigenvalue weighted by molar-refractivity contribution is 0.103. The highest BCUT2D eigenvalue weighted by atomic mass is 16.1. The number of hydrogen-bond donors (Lipinski definition) is 0. The van der Waals surface area contributed by atoms with E-state index in [1.807, 2.05) is 42.5 Å². The maximum atomic E-state index is 14.0. The molecule has 0 saturated heterocycles. The van der Waals surface area contributed by atoms with E-state index in [4.69, 9.17) is 0 Å². The Balaban J connectivity index is 1.23. The zero-order chi connectivity index (χ0) is 32.4. The summed E-state index contributed by atoms with van der Waals surface area (Å²) in [6, 6.07) is 31.5. The van der Waals surface area contributed by atoms with Gasteiger partial charge in [0.15, 0.2) is 11.6 Å². The molecule has 0 atom stereocenters. The summed E-state index contributed by atoms with van der Waals surface area (Å²) in [7, 11) is 0. The van der Waals surface area contributed by atoms with Crippen molar-refractivity contribution >= 4 is 54.7 Å². The first-order valence-electron chi connectivity index (χ1n) is 18.2. The standard InChI is InChI=1S/C46H40O2/c1-2-3-4-5-6-7-8-9-10-11-16-28-27-39-30-18-13-15-20-35(30)46(48)38-26-23-33-32-22-25-37-42-31(29-17-12-14-19-34(29)45(37)47)21-24-36(41(32)42)40(28)44(33)43(38)39/h12-15,17-27H,2-11,16H2,1H3. The van der Waals surface area contributed by atoms with Crippen LogP contribution in [0.15, 0.2) is 91.0 Å². The molecule has 0 saturated carbocycles. The van der Waals surface area contributed by atoms with E-state index in [1.54, 1.807) is 0 Å². The fraction of sp³-hybridized carbons (Fsp3) is 0.261. The van der Waals surface area contributed by atoms with Crippen molar-refractivity contribution in [1.82, 2.24) is 0 Å². The molecule has 0 aliphatic heterocycles. The van der Waals surface area contributed by atoms with Crippen molar-refractivity contribution < 1.29 is 9.59 Å². The second-order valence-electron chi connectivity index (χ2n) is 14.1. The van der Waals surface area contributed by atoms with Crippen LogP contribution in [-0.2, 0) is 6.42 Å². The Bertz CT molecular complexity index is 2430. The molecule has 0 radical (unpaired) electrons. The molecule has 0 unspecified atom stereocenters. The molecule has 2 heteroatoms. The van der Waals surface area contributed by atoms with Crippen molar-refractivity contribution in [2.75, 3.05) is 0 Å². The second kappa shape index (κ2) is 11.7. The van der Waals surface area contributed by atoms with Crippen molar-refractivity contribution in [3.63, 3.8) is 0 Å². The number of hydrogen-bond acceptors (Lipinski definition) is 2. The van der Waals surface area contributed by atoms with Crippen LogP contribution in [0.25, 0.3) is 65.3 Å². The molecule has 0 N–H and O–H groups in total. The van der Waals surface area contributed by atoms with Gasteiger partial charge in [-0.1, -0.05) is 138 Å². The van der Waals surface area contributed by atoms with Gasteiger partial charge in [0.1, 0.15) is 0 Å². The first-order valence-corrected chi connectivity index (χ1v) is 18.2. The van der Waals surface area contributed by atoms with Crippen LogP contribution >= 0.6 is 0 Å². The number of aryl methyl sites for hydroxylation is 1. The van der Waals surface area contributed by atoms with Crippen molar-refractivity contribution in [3.8, 4) is 22.3 Å². The lowest BCUT2D eigenvalue weighted by Crippen LogP contribution is -2.12. The number of benzene rings is 7. The number of fused-ring (bicyclic) bond motifs is 6. The van der Waals surface area contributed by atoms with E-state index in [0.29, 0.717) is 0 Å². The van der Waals surface area contributed by atoms with Gasteiger partial charge < -0.3 is 0 Å². The molecule has 9 rings (SSSR count). The quantitative estimate of drug-likeness (QED) is 0.0815. The summed E-state index contributed by atoms with van der Waals surface area (Å²) in [4.78, 5) is 27.9. The monoisotopic (exact) mass is 624 g/mol. The largest absolute Gasteiger partial charge is 0.289 e. The Kier molecular flexibility index (Phi) is 7.15. The molecule has 7 aromatic carbocycles. The summed E-state index contributed by atoms with van der Waals surface area (Å²) >= 11 is 0. The van der Waals surface area contributed by atoms with Gasteiger partial charge in [0.05, 0.1) is 0 Å². The van der Waals surface area contributed by atoms with Gasteiger partial charge in [-0.05, 0) is 91.2 Å². The highest BCUT2D eigenvalue weighted by Gasteiger charge is 2.31. The second-order valence-corrected chi connectivity index (χ2v) is 14.1. The summed E-state index contributed by atoms with van der Waals surface area (Å²) < 4.78 is 0. The Hall–Kier alpha value is -4.82. The maximum absolute atomic E-state index is 14.0. The Morgan fingerprint density at radius 1 is 0.375 bits per heavy atom. The lowest BCUT2D eigenvalue weighted by atomic mass is 9.75. The SMILES string of the molecule is CCCCCCCCCCCCc1cc2c3c(ccc4c5ccc6c7c(ccc(c1c34)c75)-c1ccccc1C6=O)C(=O)c1ccccc1-2. The van der Waals surface area contributed by atoms with Gasteiger partial charge in [-0.25, -0.2) is 0 Å². The van der Waals surface area contributed by atoms with Crippen LogP contribution in [0.2, 0.25) is 0 Å². The van der Waals surface area contributed by atoms with Crippen LogP contribution < -0.4 is 0 Å². The van der Waals surface area contributed by atoms with Crippen molar-refractivity contribution in [3.05, 3.63) is 119 Å². The first kappa shape index (κ1) is 29.3. The summed E-state index contributed by atoms with van der Waals surface area (Å²) in [6.45, 7) is 2.28. The predicted molar refractivity (Wildman–Crippen MR) is 201 cm³/mol. The molecule has 0 heterocycles. The van der Waals surface area contributed by atoms with E-state index in [-0.39, 0.29) is 11.6 Å². The van der Waals surface area contributed by atoms with Crippen molar-refractivity contribution in [2.45, 2.75) is 77.6 Å². The molecule has 2 nitrogen and oxygen atoms in total. The van der Waals surface area contributed by atoms with Crippen LogP contribution in [0, 0.1) is 0 Å². The van der Waals surface area contributed by atoms with Gasteiger partial charge in [0, 0.05) is 33.0 Å². The average molecular weight is 625 g/mol. The maximum Gasteiger partial charge on any atom is 0.194 e. The molecule has 48 heavy (non-hydrogen) atoms. The lowest BCUT2D eigenvalue weighted by Gasteiger charge is -2.27. The van der Waals surface area contributed by atoms with Gasteiger partial charge in [-0.15, -0.1) is 0 Å². The minimum absolute atomic E-state index is 0.102. The number of unbranched alkanes of at least 4 members (excludes halogenated alkanes) is 9. The number of carbonyl (C=O) groups excluding carboxylic acids is 2. The Labute approximate surface area is 282 Å². The molecule has 0 fully saturated rings. The third kappa shape index (κ3) is 4.31. The van der Waals surface area contributed by atoms with Crippen LogP contribution in [0.1, 0.15) is 109 Å². The van der Waals surface area contributed by atoms with Gasteiger partial charge >= 0.3 is 0 Å². The van der Waals surface area contributed by atoms with Gasteiger partial charge in [0.2, 0.25) is 0 Å². The fourth-order valence-electron chi connectivity index (χ4n) is 9.02. The highest BCUT2D eigenvalue weighted by Crippen LogP contribution is 2.51. The first-order chi connectivity index (χ1) is 23.7.